The Morgan fingerprint density at radius 2 is 1.70 bits per heavy atom. The molecule has 3 N–H and O–H groups in total. The molecule has 0 fully saturated rings. The average Bonchev–Trinajstić information content (AvgIpc) is 2.52. The van der Waals surface area contributed by atoms with Crippen molar-refractivity contribution in [2.75, 3.05) is 0 Å². The minimum absolute atomic E-state index is 0.0820. The molecule has 27 heavy (non-hydrogen) atoms. The Balaban J connectivity index is 2.25. The number of hydrogen-bond acceptors (Lipinski definition) is 7. The van der Waals surface area contributed by atoms with Crippen molar-refractivity contribution in [3.05, 3.63) is 46.6 Å². The van der Waals surface area contributed by atoms with Crippen molar-refractivity contribution >= 4 is 84.1 Å². The van der Waals surface area contributed by atoms with Crippen LogP contribution in [0.2, 0.25) is 0 Å². The average molecular weight is 730 g/mol. The highest BCUT2D eigenvalue weighted by atomic mass is 127. The molecular weight excluding hydrogens is 719 g/mol. The summed E-state index contributed by atoms with van der Waals surface area (Å²) in [7, 11) is -4.86. The van der Waals surface area contributed by atoms with Crippen LogP contribution in [-0.4, -0.2) is 25.0 Å². The van der Waals surface area contributed by atoms with Crippen LogP contribution in [0.15, 0.2) is 30.3 Å². The molecule has 0 aromatic heterocycles. The van der Waals surface area contributed by atoms with Crippen LogP contribution >= 0.6 is 67.8 Å². The van der Waals surface area contributed by atoms with Gasteiger partial charge in [-0.05, 0) is 104 Å². The molecule has 12 heteroatoms. The lowest BCUT2D eigenvalue weighted by Crippen LogP contribution is -2.69. The maximum Gasteiger partial charge on any atom is 0.262 e. The van der Waals surface area contributed by atoms with Crippen molar-refractivity contribution in [1.82, 2.24) is 0 Å². The molecule has 2 rings (SSSR count). The van der Waals surface area contributed by atoms with Crippen molar-refractivity contribution in [1.29, 1.82) is 0 Å². The maximum atomic E-state index is 10.9. The van der Waals surface area contributed by atoms with Gasteiger partial charge in [-0.3, -0.25) is 0 Å². The molecular formula is C15H11I3NO7S-. The molecule has 0 aliphatic carbocycles. The van der Waals surface area contributed by atoms with E-state index in [4.69, 9.17) is 4.74 Å². The topological polar surface area (TPSA) is 143 Å². The molecule has 1 atom stereocenters. The minimum Gasteiger partial charge on any atom is -0.716 e. The van der Waals surface area contributed by atoms with E-state index in [1.54, 1.807) is 12.1 Å². The molecule has 0 amide bonds. The van der Waals surface area contributed by atoms with Gasteiger partial charge in [0.05, 0.1) is 16.7 Å². The molecule has 0 saturated heterocycles. The SMILES string of the molecule is [NH3+][C@@H](Cc1cc(I)c(Oc2ccc(OS(=O)(=O)[O-])c(I)c2)c(I)c1)C(=O)[O-]. The van der Waals surface area contributed by atoms with Crippen molar-refractivity contribution in [2.45, 2.75) is 12.5 Å². The van der Waals surface area contributed by atoms with Gasteiger partial charge < -0.3 is 29.1 Å². The first-order valence-electron chi connectivity index (χ1n) is 7.11. The monoisotopic (exact) mass is 730 g/mol. The summed E-state index contributed by atoms with van der Waals surface area (Å²) in [6, 6.07) is 7.08. The first-order valence-corrected chi connectivity index (χ1v) is 11.7. The van der Waals surface area contributed by atoms with Gasteiger partial charge in [0.1, 0.15) is 11.8 Å². The van der Waals surface area contributed by atoms with Gasteiger partial charge in [-0.1, -0.05) is 0 Å². The minimum atomic E-state index is -4.86. The van der Waals surface area contributed by atoms with Gasteiger partial charge in [0.2, 0.25) is 0 Å². The molecule has 8 nitrogen and oxygen atoms in total. The lowest BCUT2D eigenvalue weighted by molar-refractivity contribution is -0.437. The van der Waals surface area contributed by atoms with Crippen LogP contribution in [0.5, 0.6) is 17.2 Å². The van der Waals surface area contributed by atoms with E-state index < -0.39 is 22.4 Å². The number of halogens is 3. The summed E-state index contributed by atoms with van der Waals surface area (Å²) in [5, 5.41) is 10.9. The lowest BCUT2D eigenvalue weighted by atomic mass is 10.1. The molecule has 0 heterocycles. The van der Waals surface area contributed by atoms with Gasteiger partial charge in [0.25, 0.3) is 10.4 Å². The zero-order valence-electron chi connectivity index (χ0n) is 13.3. The zero-order chi connectivity index (χ0) is 20.4. The molecule has 0 bridgehead atoms. The van der Waals surface area contributed by atoms with Crippen molar-refractivity contribution < 1.29 is 37.5 Å². The van der Waals surface area contributed by atoms with E-state index in [0.717, 1.165) is 12.7 Å². The summed E-state index contributed by atoms with van der Waals surface area (Å²) >= 11 is 5.98. The third-order valence-corrected chi connectivity index (χ3v) is 6.02. The third kappa shape index (κ3) is 6.84. The van der Waals surface area contributed by atoms with E-state index in [1.807, 2.05) is 22.6 Å². The van der Waals surface area contributed by atoms with Gasteiger partial charge in [0.15, 0.2) is 11.5 Å². The van der Waals surface area contributed by atoms with E-state index in [2.05, 4.69) is 55.1 Å². The van der Waals surface area contributed by atoms with Crippen LogP contribution in [0.1, 0.15) is 5.56 Å². The Hall–Kier alpha value is -0.430. The Morgan fingerprint density at radius 3 is 2.19 bits per heavy atom. The van der Waals surface area contributed by atoms with Crippen molar-refractivity contribution in [3.8, 4) is 17.2 Å². The number of carboxylic acid groups (broad SMARTS) is 1. The summed E-state index contributed by atoms with van der Waals surface area (Å²) in [6.07, 6.45) is 0.238. The van der Waals surface area contributed by atoms with Crippen LogP contribution in [0.25, 0.3) is 0 Å². The highest BCUT2D eigenvalue weighted by molar-refractivity contribution is 14.1. The first kappa shape index (κ1) is 22.9. The molecule has 0 aliphatic rings. The maximum absolute atomic E-state index is 10.9. The smallest absolute Gasteiger partial charge is 0.262 e. The summed E-state index contributed by atoms with van der Waals surface area (Å²) in [6.45, 7) is 0. The summed E-state index contributed by atoms with van der Waals surface area (Å²) in [4.78, 5) is 10.9. The predicted molar refractivity (Wildman–Crippen MR) is 117 cm³/mol. The molecule has 0 saturated carbocycles. The Kier molecular flexibility index (Phi) is 7.94. The summed E-state index contributed by atoms with van der Waals surface area (Å²) in [5.41, 5.74) is 4.34. The first-order chi connectivity index (χ1) is 12.5. The number of benzene rings is 2. The second-order valence-electron chi connectivity index (χ2n) is 5.29. The highest BCUT2D eigenvalue weighted by Gasteiger charge is 2.15. The Labute approximate surface area is 196 Å². The van der Waals surface area contributed by atoms with E-state index in [9.17, 15) is 22.9 Å². The molecule has 0 spiro atoms. The number of ether oxygens (including phenoxy) is 1. The van der Waals surface area contributed by atoms with Crippen LogP contribution in [-0.2, 0) is 21.6 Å². The number of carbonyl (C=O) groups is 1. The van der Waals surface area contributed by atoms with Crippen LogP contribution in [0.4, 0.5) is 0 Å². The van der Waals surface area contributed by atoms with Gasteiger partial charge >= 0.3 is 0 Å². The molecule has 2 aromatic carbocycles. The number of carbonyl (C=O) groups excluding carboxylic acids is 1. The number of rotatable bonds is 7. The fourth-order valence-electron chi connectivity index (χ4n) is 2.04. The number of quaternary nitrogens is 1. The fraction of sp³-hybridized carbons (Fsp3) is 0.133. The third-order valence-electron chi connectivity index (χ3n) is 3.19. The van der Waals surface area contributed by atoms with E-state index in [0.29, 0.717) is 15.1 Å². The number of hydrogen-bond donors (Lipinski definition) is 1. The predicted octanol–water partition coefficient (Wildman–Crippen LogP) is 1.03. The van der Waals surface area contributed by atoms with Gasteiger partial charge in [-0.15, -0.1) is 0 Å². The van der Waals surface area contributed by atoms with E-state index in [-0.39, 0.29) is 12.2 Å². The van der Waals surface area contributed by atoms with Gasteiger partial charge in [-0.2, -0.15) is 0 Å². The number of aliphatic carboxylic acids is 1. The van der Waals surface area contributed by atoms with E-state index in [1.165, 1.54) is 18.2 Å². The standard InChI is InChI=1S/C15H12I3NO7S/c16-9-6-8(1-2-13(9)26-27(22,23)24)25-14-10(17)3-7(4-11(14)18)5-12(19)15(20)21/h1-4,6,12H,5,19H2,(H,20,21)(H,22,23,24)/p-1/t12-/m0/s1. The number of carboxylic acids is 1. The zero-order valence-corrected chi connectivity index (χ0v) is 20.6. The molecule has 0 aliphatic heterocycles. The largest absolute Gasteiger partial charge is 0.716 e. The quantitative estimate of drug-likeness (QED) is 0.255. The molecule has 0 radical (unpaired) electrons. The fourth-order valence-corrected chi connectivity index (χ4v) is 5.26. The highest BCUT2D eigenvalue weighted by Crippen LogP contribution is 2.35. The van der Waals surface area contributed by atoms with Crippen molar-refractivity contribution in [2.24, 2.45) is 0 Å². The summed E-state index contributed by atoms with van der Waals surface area (Å²) < 4.78 is 44.3. The van der Waals surface area contributed by atoms with Crippen molar-refractivity contribution in [3.63, 3.8) is 0 Å². The molecule has 146 valence electrons. The van der Waals surface area contributed by atoms with Gasteiger partial charge in [-0.25, -0.2) is 8.42 Å². The summed E-state index contributed by atoms with van der Waals surface area (Å²) in [5.74, 6) is -0.308. The van der Waals surface area contributed by atoms with Crippen LogP contribution < -0.4 is 19.8 Å². The Morgan fingerprint density at radius 1 is 1.11 bits per heavy atom. The normalized spacial score (nSPS) is 12.5. The Bertz CT molecular complexity index is 958. The van der Waals surface area contributed by atoms with Crippen LogP contribution in [0.3, 0.4) is 0 Å². The van der Waals surface area contributed by atoms with Gasteiger partial charge in [0, 0.05) is 6.42 Å². The molecule has 2 aromatic rings. The van der Waals surface area contributed by atoms with Crippen LogP contribution in [0, 0.1) is 10.7 Å². The lowest BCUT2D eigenvalue weighted by Gasteiger charge is -2.15. The molecule has 0 unspecified atom stereocenters. The van der Waals surface area contributed by atoms with E-state index >= 15 is 0 Å². The second kappa shape index (κ2) is 9.38. The second-order valence-corrected chi connectivity index (χ2v) is 9.76.